The van der Waals surface area contributed by atoms with E-state index in [-0.39, 0.29) is 5.41 Å². The molecular weight excluding hydrogens is 700 g/mol. The predicted octanol–water partition coefficient (Wildman–Crippen LogP) is 8.45. The van der Waals surface area contributed by atoms with E-state index in [0.717, 1.165) is 37.6 Å². The Hall–Kier alpha value is -4.21. The molecule has 0 radical (unpaired) electrons. The molecule has 0 amide bonds. The van der Waals surface area contributed by atoms with Crippen LogP contribution in [0.5, 0.6) is 11.5 Å². The summed E-state index contributed by atoms with van der Waals surface area (Å²) in [5, 5.41) is 0. The van der Waals surface area contributed by atoms with Crippen LogP contribution in [0, 0.1) is 15.9 Å². The fourth-order valence-electron chi connectivity index (χ4n) is 5.59. The third kappa shape index (κ3) is 4.62. The van der Waals surface area contributed by atoms with Crippen molar-refractivity contribution < 1.29 is 24.1 Å². The molecule has 7 rings (SSSR count). The minimum atomic E-state index is 0.0175. The Bertz CT molecular complexity index is 2030. The number of anilines is 2. The van der Waals surface area contributed by atoms with Crippen LogP contribution in [-0.4, -0.2) is 14.1 Å². The molecule has 0 aliphatic carbocycles. The van der Waals surface area contributed by atoms with Gasteiger partial charge in [-0.25, -0.2) is 0 Å². The van der Waals surface area contributed by atoms with Gasteiger partial charge in [0.05, 0.1) is 0 Å². The molecule has 2 aromatic heterocycles. The maximum atomic E-state index is 6.43. The second-order valence-electron chi connectivity index (χ2n) is 11.6. The molecule has 0 spiro atoms. The molecule has 1 aliphatic heterocycles. The topological polar surface area (TPSA) is 35.2 Å². The normalized spacial score (nSPS) is 12.8. The van der Waals surface area contributed by atoms with Gasteiger partial charge in [-0.3, -0.25) is 0 Å². The number of pyridine rings is 1. The zero-order valence-corrected chi connectivity index (χ0v) is 26.2. The van der Waals surface area contributed by atoms with Gasteiger partial charge in [0.15, 0.2) is 0 Å². The molecule has 1 aliphatic rings. The summed E-state index contributed by atoms with van der Waals surface area (Å²) in [5.74, 6) is 2.18. The molecule has 0 saturated heterocycles. The van der Waals surface area contributed by atoms with E-state index in [1.807, 2.05) is 24.4 Å². The summed E-state index contributed by atoms with van der Waals surface area (Å²) >= 11 is 2.36. The molecule has 3 heterocycles. The number of aromatic nitrogens is 3. The zero-order valence-electron chi connectivity index (χ0n) is 24.0. The van der Waals surface area contributed by atoms with E-state index in [4.69, 9.17) is 9.72 Å². The molecule has 5 nitrogen and oxygen atoms in total. The van der Waals surface area contributed by atoms with Gasteiger partial charge in [0.2, 0.25) is 0 Å². The van der Waals surface area contributed by atoms with E-state index in [2.05, 4.69) is 146 Å². The Kier molecular flexibility index (Phi) is 6.51. The van der Waals surface area contributed by atoms with Crippen LogP contribution in [0.4, 0.5) is 11.5 Å². The van der Waals surface area contributed by atoms with Gasteiger partial charge in [-0.15, -0.1) is 0 Å². The zero-order chi connectivity index (χ0) is 29.0. The molecule has 4 aromatic carbocycles. The molecule has 6 heteroatoms. The number of rotatable bonds is 4. The molecule has 0 bridgehead atoms. The first-order chi connectivity index (χ1) is 20.3. The van der Waals surface area contributed by atoms with Crippen LogP contribution < -0.4 is 9.64 Å². The molecule has 0 atom stereocenters. The average Bonchev–Trinajstić information content (AvgIpc) is 3.26. The third-order valence-corrected chi connectivity index (χ3v) is 9.09. The van der Waals surface area contributed by atoms with E-state index < -0.39 is 0 Å². The van der Waals surface area contributed by atoms with Crippen molar-refractivity contribution >= 4 is 22.5 Å². The second kappa shape index (κ2) is 10.3. The Morgan fingerprint density at radius 3 is 2.40 bits per heavy atom. The van der Waals surface area contributed by atoms with Gasteiger partial charge in [-0.1, -0.05) is 39.0 Å². The summed E-state index contributed by atoms with van der Waals surface area (Å²) in [6.45, 7) is 7.39. The van der Waals surface area contributed by atoms with Crippen molar-refractivity contribution in [2.45, 2.75) is 32.7 Å². The number of hydrogen-bond donors (Lipinski definition) is 0. The molecule has 212 valence electrons. The van der Waals surface area contributed by atoms with Gasteiger partial charge in [0.25, 0.3) is 0 Å². The molecule has 6 aromatic rings. The Morgan fingerprint density at radius 1 is 0.810 bits per heavy atom. The predicted molar refractivity (Wildman–Crippen MR) is 164 cm³/mol. The first-order valence-electron chi connectivity index (χ1n) is 14.0. The number of nitrogens with zero attached hydrogens (tertiary/aromatic N) is 4. The number of fused-ring (bicyclic) bond motifs is 4. The van der Waals surface area contributed by atoms with Crippen LogP contribution in [0.2, 0.25) is 0 Å². The average molecular weight is 730 g/mol. The SMILES string of the molecule is Cn1[c](=[Pt])n(-c2[c-]c(Oc3[c-]c4c(cc3)-c3ccccc3CN4c3cc(C(C)(C)C)ccn3)ccc2)c2ccccc21. The van der Waals surface area contributed by atoms with Crippen molar-refractivity contribution in [1.29, 1.82) is 0 Å². The van der Waals surface area contributed by atoms with Gasteiger partial charge < -0.3 is 0 Å². The molecule has 42 heavy (non-hydrogen) atoms. The van der Waals surface area contributed by atoms with E-state index in [1.54, 1.807) is 0 Å². The molecular formula is C36H30N4OPt-2. The Balaban J connectivity index is 1.29. The number of imidazole rings is 1. The van der Waals surface area contributed by atoms with Crippen molar-refractivity contribution in [2.24, 2.45) is 7.05 Å². The van der Waals surface area contributed by atoms with Crippen molar-refractivity contribution in [3.05, 3.63) is 124 Å². The van der Waals surface area contributed by atoms with Crippen LogP contribution >= 0.6 is 0 Å². The second-order valence-corrected chi connectivity index (χ2v) is 12.6. The van der Waals surface area contributed by atoms with Gasteiger partial charge in [0.1, 0.15) is 0 Å². The summed E-state index contributed by atoms with van der Waals surface area (Å²) in [5.41, 5.74) is 9.02. The van der Waals surface area contributed by atoms with Crippen molar-refractivity contribution in [3.63, 3.8) is 0 Å². The summed E-state index contributed by atoms with van der Waals surface area (Å²) in [6, 6.07) is 38.5. The van der Waals surface area contributed by atoms with Crippen LogP contribution in [0.15, 0.2) is 97.2 Å². The van der Waals surface area contributed by atoms with Gasteiger partial charge in [0, 0.05) is 6.20 Å². The van der Waals surface area contributed by atoms with Gasteiger partial charge in [-0.2, -0.15) is 0 Å². The summed E-state index contributed by atoms with van der Waals surface area (Å²) in [6.07, 6.45) is 1.91. The summed E-state index contributed by atoms with van der Waals surface area (Å²) in [4.78, 5) is 7.04. The fourth-order valence-corrected chi connectivity index (χ4v) is 6.41. The Labute approximate surface area is 257 Å². The maximum absolute atomic E-state index is 6.43. The standard InChI is InChI=1S/C36H30N4O.Pt/c1-36(2,3)26-18-19-37-35(20-26)39-23-25-10-5-6-13-30(25)31-17-16-29(22-34(31)39)41-28-12-9-11-27(21-28)40-24-38(4)32-14-7-8-15-33(32)40;/h5-20H,23H2,1-4H3;/q-2;. The van der Waals surface area contributed by atoms with Crippen LogP contribution in [-0.2, 0) is 38.4 Å². The number of benzene rings is 4. The molecule has 0 saturated carbocycles. The van der Waals surface area contributed by atoms with E-state index in [9.17, 15) is 0 Å². The Morgan fingerprint density at radius 2 is 1.57 bits per heavy atom. The fraction of sp³-hybridized carbons (Fsp3) is 0.167. The van der Waals surface area contributed by atoms with Crippen LogP contribution in [0.25, 0.3) is 27.8 Å². The van der Waals surface area contributed by atoms with E-state index in [0.29, 0.717) is 18.0 Å². The number of ether oxygens (including phenoxy) is 1. The monoisotopic (exact) mass is 729 g/mol. The quantitative estimate of drug-likeness (QED) is 0.171. The van der Waals surface area contributed by atoms with E-state index in [1.165, 1.54) is 16.7 Å². The van der Waals surface area contributed by atoms with Crippen molar-refractivity contribution in [1.82, 2.24) is 14.1 Å². The van der Waals surface area contributed by atoms with E-state index >= 15 is 0 Å². The third-order valence-electron chi connectivity index (χ3n) is 7.82. The van der Waals surface area contributed by atoms with Crippen LogP contribution in [0.1, 0.15) is 31.9 Å². The van der Waals surface area contributed by atoms with Gasteiger partial charge in [-0.05, 0) is 17.0 Å². The number of hydrogen-bond acceptors (Lipinski definition) is 3. The number of aryl methyl sites for hydroxylation is 1. The molecule has 0 unspecified atom stereocenters. The van der Waals surface area contributed by atoms with Crippen molar-refractivity contribution in [2.75, 3.05) is 4.90 Å². The first-order valence-corrected chi connectivity index (χ1v) is 15.1. The van der Waals surface area contributed by atoms with Crippen LogP contribution in [0.3, 0.4) is 0 Å². The summed E-state index contributed by atoms with van der Waals surface area (Å²) in [7, 11) is 2.08. The van der Waals surface area contributed by atoms with Crippen molar-refractivity contribution in [3.8, 4) is 28.3 Å². The molecule has 0 fully saturated rings. The summed E-state index contributed by atoms with van der Waals surface area (Å²) < 4.78 is 11.9. The first kappa shape index (κ1) is 26.7. The van der Waals surface area contributed by atoms with Gasteiger partial charge >= 0.3 is 196 Å². The number of para-hydroxylation sites is 2. The molecule has 0 N–H and O–H groups in total. The minimum absolute atomic E-state index is 0.0175.